The third kappa shape index (κ3) is 2.12. The molecule has 2 atom stereocenters. The van der Waals surface area contributed by atoms with Crippen molar-refractivity contribution in [3.05, 3.63) is 24.3 Å². The van der Waals surface area contributed by atoms with Gasteiger partial charge in [0.1, 0.15) is 0 Å². The summed E-state index contributed by atoms with van der Waals surface area (Å²) >= 11 is 4.17. The van der Waals surface area contributed by atoms with Crippen molar-refractivity contribution in [1.82, 2.24) is 0 Å². The highest BCUT2D eigenvalue weighted by atomic mass is 32.1. The Morgan fingerprint density at radius 3 is 2.00 bits per heavy atom. The molecule has 0 radical (unpaired) electrons. The molecule has 1 nitrogen and oxygen atoms in total. The van der Waals surface area contributed by atoms with Gasteiger partial charge < -0.3 is 4.44 Å². The second-order valence-electron chi connectivity index (χ2n) is 1.92. The Kier molecular flexibility index (Phi) is 2.97. The lowest BCUT2D eigenvalue weighted by Crippen LogP contribution is -1.87. The smallest absolute Gasteiger partial charge is 0.0424 e. The monoisotopic (exact) mass is 189 g/mol. The second-order valence-corrected chi connectivity index (χ2v) is 4.15. The molecule has 0 fully saturated rings. The third-order valence-electron chi connectivity index (χ3n) is 1.15. The van der Waals surface area contributed by atoms with E-state index < -0.39 is 0 Å². The summed E-state index contributed by atoms with van der Waals surface area (Å²) in [6, 6.07) is 7.92. The SMILES string of the molecule is PN(P)c1ccc(S)cc1. The summed E-state index contributed by atoms with van der Waals surface area (Å²) in [5.41, 5.74) is 1.13. The predicted octanol–water partition coefficient (Wildman–Crippen LogP) is 2.36. The van der Waals surface area contributed by atoms with E-state index in [1.54, 1.807) is 0 Å². The summed E-state index contributed by atoms with van der Waals surface area (Å²) in [5.74, 6) is 0. The zero-order valence-electron chi connectivity index (χ0n) is 5.36. The first kappa shape index (κ1) is 8.33. The maximum Gasteiger partial charge on any atom is 0.0424 e. The van der Waals surface area contributed by atoms with Crippen molar-refractivity contribution in [1.29, 1.82) is 0 Å². The third-order valence-corrected chi connectivity index (χ3v) is 2.04. The van der Waals surface area contributed by atoms with Crippen molar-refractivity contribution in [2.45, 2.75) is 4.90 Å². The molecule has 0 aliphatic carbocycles. The summed E-state index contributed by atoms with van der Waals surface area (Å²) in [7, 11) is 5.12. The fraction of sp³-hybridized carbons (Fsp3) is 0. The van der Waals surface area contributed by atoms with Crippen LogP contribution in [-0.2, 0) is 0 Å². The summed E-state index contributed by atoms with van der Waals surface area (Å²) in [6.07, 6.45) is 0. The number of hydrogen-bond acceptors (Lipinski definition) is 2. The molecule has 1 aromatic carbocycles. The van der Waals surface area contributed by atoms with E-state index >= 15 is 0 Å². The maximum absolute atomic E-state index is 4.17. The molecule has 0 spiro atoms. The van der Waals surface area contributed by atoms with Crippen molar-refractivity contribution in [2.75, 3.05) is 4.44 Å². The molecule has 0 aliphatic rings. The van der Waals surface area contributed by atoms with Crippen LogP contribution in [0.3, 0.4) is 0 Å². The van der Waals surface area contributed by atoms with Crippen LogP contribution in [0.25, 0.3) is 0 Å². The molecular formula is C6H9NP2S. The molecule has 0 aliphatic heterocycles. The van der Waals surface area contributed by atoms with Crippen LogP contribution in [-0.4, -0.2) is 0 Å². The van der Waals surface area contributed by atoms with E-state index in [4.69, 9.17) is 0 Å². The zero-order chi connectivity index (χ0) is 7.56. The van der Waals surface area contributed by atoms with Gasteiger partial charge in [0, 0.05) is 10.6 Å². The molecule has 10 heavy (non-hydrogen) atoms. The Balaban J connectivity index is 2.89. The number of nitrogens with zero attached hydrogens (tertiary/aromatic N) is 1. The van der Waals surface area contributed by atoms with Crippen LogP contribution < -0.4 is 4.44 Å². The molecule has 0 saturated heterocycles. The first-order valence-corrected chi connectivity index (χ1v) is 4.26. The first-order valence-electron chi connectivity index (χ1n) is 2.78. The van der Waals surface area contributed by atoms with Crippen LogP contribution in [0.5, 0.6) is 0 Å². The van der Waals surface area contributed by atoms with E-state index in [2.05, 4.69) is 31.4 Å². The van der Waals surface area contributed by atoms with Crippen molar-refractivity contribution in [2.24, 2.45) is 0 Å². The van der Waals surface area contributed by atoms with Gasteiger partial charge in [-0.3, -0.25) is 0 Å². The highest BCUT2D eigenvalue weighted by Gasteiger charge is 1.91. The minimum atomic E-state index is 0.987. The van der Waals surface area contributed by atoms with Gasteiger partial charge in [-0.05, 0) is 43.0 Å². The average Bonchev–Trinajstić information content (AvgIpc) is 1.88. The fourth-order valence-electron chi connectivity index (χ4n) is 0.625. The Hall–Kier alpha value is 0.230. The van der Waals surface area contributed by atoms with E-state index in [9.17, 15) is 0 Å². The number of thiol groups is 1. The highest BCUT2D eigenvalue weighted by molar-refractivity contribution is 7.80. The molecule has 2 unspecified atom stereocenters. The van der Waals surface area contributed by atoms with Crippen molar-refractivity contribution < 1.29 is 0 Å². The molecule has 1 rings (SSSR count). The molecular weight excluding hydrogens is 180 g/mol. The lowest BCUT2D eigenvalue weighted by molar-refractivity contribution is 1.46. The van der Waals surface area contributed by atoms with Crippen LogP contribution >= 0.6 is 31.4 Å². The Bertz CT molecular complexity index is 209. The number of benzene rings is 1. The van der Waals surface area contributed by atoms with Gasteiger partial charge in [0.25, 0.3) is 0 Å². The van der Waals surface area contributed by atoms with Gasteiger partial charge in [0.15, 0.2) is 0 Å². The van der Waals surface area contributed by atoms with Crippen LogP contribution in [0.15, 0.2) is 29.2 Å². The van der Waals surface area contributed by atoms with Crippen LogP contribution in [0.1, 0.15) is 0 Å². The lowest BCUT2D eigenvalue weighted by Gasteiger charge is -2.10. The minimum absolute atomic E-state index is 0.987. The summed E-state index contributed by atoms with van der Waals surface area (Å²) in [5, 5.41) is 0. The number of rotatable bonds is 1. The molecule has 54 valence electrons. The second kappa shape index (κ2) is 3.57. The van der Waals surface area contributed by atoms with Gasteiger partial charge in [0.05, 0.1) is 0 Å². The quantitative estimate of drug-likeness (QED) is 0.524. The maximum atomic E-state index is 4.17. The van der Waals surface area contributed by atoms with Crippen molar-refractivity contribution in [3.8, 4) is 0 Å². The first-order chi connectivity index (χ1) is 4.70. The lowest BCUT2D eigenvalue weighted by atomic mass is 10.3. The largest absolute Gasteiger partial charge is 0.341 e. The van der Waals surface area contributed by atoms with E-state index in [0.717, 1.165) is 10.6 Å². The van der Waals surface area contributed by atoms with Gasteiger partial charge in [0.2, 0.25) is 0 Å². The molecule has 0 heterocycles. The Labute approximate surface area is 71.1 Å². The zero-order valence-corrected chi connectivity index (χ0v) is 8.56. The van der Waals surface area contributed by atoms with Gasteiger partial charge in [-0.2, -0.15) is 0 Å². The van der Waals surface area contributed by atoms with Crippen LogP contribution in [0.2, 0.25) is 0 Å². The highest BCUT2D eigenvalue weighted by Crippen LogP contribution is 2.22. The Morgan fingerprint density at radius 1 is 1.10 bits per heavy atom. The average molecular weight is 189 g/mol. The number of anilines is 1. The summed E-state index contributed by atoms with van der Waals surface area (Å²) in [4.78, 5) is 0.987. The number of hydrogen-bond donors (Lipinski definition) is 1. The Morgan fingerprint density at radius 2 is 1.60 bits per heavy atom. The van der Waals surface area contributed by atoms with Crippen molar-refractivity contribution in [3.63, 3.8) is 0 Å². The van der Waals surface area contributed by atoms with Gasteiger partial charge in [-0.25, -0.2) is 0 Å². The topological polar surface area (TPSA) is 3.24 Å². The van der Waals surface area contributed by atoms with Crippen LogP contribution in [0.4, 0.5) is 5.69 Å². The van der Waals surface area contributed by atoms with Gasteiger partial charge >= 0.3 is 0 Å². The van der Waals surface area contributed by atoms with E-state index in [1.807, 2.05) is 28.7 Å². The van der Waals surface area contributed by atoms with E-state index in [-0.39, 0.29) is 0 Å². The normalized spacial score (nSPS) is 9.50. The van der Waals surface area contributed by atoms with E-state index in [1.165, 1.54) is 0 Å². The molecule has 1 aromatic rings. The fourth-order valence-corrected chi connectivity index (χ4v) is 1.12. The van der Waals surface area contributed by atoms with Gasteiger partial charge in [-0.1, -0.05) is 0 Å². The summed E-state index contributed by atoms with van der Waals surface area (Å²) < 4.78 is 1.90. The molecule has 0 amide bonds. The minimum Gasteiger partial charge on any atom is -0.341 e. The molecule has 4 heteroatoms. The molecule has 0 bridgehead atoms. The summed E-state index contributed by atoms with van der Waals surface area (Å²) in [6.45, 7) is 0. The van der Waals surface area contributed by atoms with Crippen LogP contribution in [0, 0.1) is 0 Å². The predicted molar refractivity (Wildman–Crippen MR) is 55.6 cm³/mol. The molecule has 0 aromatic heterocycles. The molecule has 0 saturated carbocycles. The van der Waals surface area contributed by atoms with Crippen molar-refractivity contribution >= 4 is 37.1 Å². The van der Waals surface area contributed by atoms with E-state index in [0.29, 0.717) is 0 Å². The van der Waals surface area contributed by atoms with Gasteiger partial charge in [-0.15, -0.1) is 12.6 Å². The standard InChI is InChI=1S/C6H9NP2S/c8-7(9)5-1-3-6(10)4-2-5/h1-4,10H,8-9H2. The molecule has 0 N–H and O–H groups in total.